The Labute approximate surface area is 124 Å². The molecular weight excluding hydrogens is 252 g/mol. The van der Waals surface area contributed by atoms with E-state index in [1.807, 2.05) is 0 Å². The molecule has 0 aromatic rings. The van der Waals surface area contributed by atoms with E-state index in [4.69, 9.17) is 9.47 Å². The van der Waals surface area contributed by atoms with Crippen LogP contribution in [0.2, 0.25) is 0 Å². The summed E-state index contributed by atoms with van der Waals surface area (Å²) in [6.07, 6.45) is 5.28. The van der Waals surface area contributed by atoms with Crippen molar-refractivity contribution in [1.29, 1.82) is 0 Å². The predicted molar refractivity (Wildman–Crippen MR) is 82.1 cm³/mol. The van der Waals surface area contributed by atoms with E-state index in [9.17, 15) is 0 Å². The van der Waals surface area contributed by atoms with Gasteiger partial charge in [0.2, 0.25) is 0 Å². The quantitative estimate of drug-likeness (QED) is 0.738. The molecule has 4 heteroatoms. The molecule has 2 aliphatic heterocycles. The SMILES string of the molecule is CCCNC1CCOCC1CN(CC)CC1CCCO1. The second-order valence-corrected chi connectivity index (χ2v) is 6.17. The summed E-state index contributed by atoms with van der Waals surface area (Å²) in [5.41, 5.74) is 0. The molecule has 3 atom stereocenters. The topological polar surface area (TPSA) is 33.7 Å². The van der Waals surface area contributed by atoms with Gasteiger partial charge < -0.3 is 19.7 Å². The molecule has 2 aliphatic rings. The highest BCUT2D eigenvalue weighted by molar-refractivity contribution is 4.83. The zero-order chi connectivity index (χ0) is 14.2. The number of likely N-dealkylation sites (N-methyl/N-ethyl adjacent to an activating group) is 1. The highest BCUT2D eigenvalue weighted by Crippen LogP contribution is 2.19. The van der Waals surface area contributed by atoms with Gasteiger partial charge >= 0.3 is 0 Å². The molecule has 2 saturated heterocycles. The minimum atomic E-state index is 0.460. The summed E-state index contributed by atoms with van der Waals surface area (Å²) in [5.74, 6) is 0.622. The number of hydrogen-bond donors (Lipinski definition) is 1. The molecule has 4 nitrogen and oxygen atoms in total. The summed E-state index contributed by atoms with van der Waals surface area (Å²) >= 11 is 0. The van der Waals surface area contributed by atoms with Crippen LogP contribution in [0, 0.1) is 5.92 Å². The molecule has 2 fully saturated rings. The Morgan fingerprint density at radius 2 is 2.05 bits per heavy atom. The smallest absolute Gasteiger partial charge is 0.0702 e. The maximum atomic E-state index is 5.78. The Kier molecular flexibility index (Phi) is 7.28. The summed E-state index contributed by atoms with van der Waals surface area (Å²) in [6.45, 7) is 11.7. The Morgan fingerprint density at radius 3 is 2.75 bits per heavy atom. The number of rotatable bonds is 8. The van der Waals surface area contributed by atoms with E-state index < -0.39 is 0 Å². The number of nitrogens with zero attached hydrogens (tertiary/aromatic N) is 1. The van der Waals surface area contributed by atoms with E-state index in [1.54, 1.807) is 0 Å². The van der Waals surface area contributed by atoms with Crippen LogP contribution in [0.4, 0.5) is 0 Å². The Balaban J connectivity index is 1.79. The number of nitrogens with one attached hydrogen (secondary N) is 1. The summed E-state index contributed by atoms with van der Waals surface area (Å²) < 4.78 is 11.5. The lowest BCUT2D eigenvalue weighted by Gasteiger charge is -2.36. The lowest BCUT2D eigenvalue weighted by atomic mass is 9.94. The second kappa shape index (κ2) is 8.98. The van der Waals surface area contributed by atoms with Gasteiger partial charge in [0.15, 0.2) is 0 Å². The predicted octanol–water partition coefficient (Wildman–Crippen LogP) is 1.89. The lowest BCUT2D eigenvalue weighted by molar-refractivity contribution is 0.00720. The van der Waals surface area contributed by atoms with Crippen molar-refractivity contribution in [1.82, 2.24) is 10.2 Å². The molecule has 2 heterocycles. The minimum Gasteiger partial charge on any atom is -0.381 e. The highest BCUT2D eigenvalue weighted by atomic mass is 16.5. The van der Waals surface area contributed by atoms with Crippen LogP contribution in [0.25, 0.3) is 0 Å². The summed E-state index contributed by atoms with van der Waals surface area (Å²) in [6, 6.07) is 0.627. The van der Waals surface area contributed by atoms with Gasteiger partial charge in [-0.1, -0.05) is 13.8 Å². The van der Waals surface area contributed by atoms with Crippen LogP contribution in [0.1, 0.15) is 39.5 Å². The minimum absolute atomic E-state index is 0.460. The summed E-state index contributed by atoms with van der Waals surface area (Å²) in [5, 5.41) is 3.71. The van der Waals surface area contributed by atoms with Crippen molar-refractivity contribution in [2.45, 2.75) is 51.7 Å². The van der Waals surface area contributed by atoms with Gasteiger partial charge in [-0.15, -0.1) is 0 Å². The van der Waals surface area contributed by atoms with Gasteiger partial charge in [-0.05, 0) is 38.8 Å². The van der Waals surface area contributed by atoms with Gasteiger partial charge in [0.05, 0.1) is 12.7 Å². The first kappa shape index (κ1) is 16.2. The highest BCUT2D eigenvalue weighted by Gasteiger charge is 2.28. The first-order chi connectivity index (χ1) is 9.83. The lowest BCUT2D eigenvalue weighted by Crippen LogP contribution is -2.49. The van der Waals surface area contributed by atoms with Gasteiger partial charge in [-0.2, -0.15) is 0 Å². The third-order valence-corrected chi connectivity index (χ3v) is 4.56. The molecule has 0 aliphatic carbocycles. The van der Waals surface area contributed by atoms with Crippen molar-refractivity contribution in [3.05, 3.63) is 0 Å². The standard InChI is InChI=1S/C16H32N2O2/c1-3-8-17-16-7-10-19-13-14(16)11-18(4-2)12-15-6-5-9-20-15/h14-17H,3-13H2,1-2H3. The molecule has 118 valence electrons. The second-order valence-electron chi connectivity index (χ2n) is 6.17. The van der Waals surface area contributed by atoms with Gasteiger partial charge in [-0.3, -0.25) is 0 Å². The summed E-state index contributed by atoms with van der Waals surface area (Å²) in [7, 11) is 0. The molecule has 0 amide bonds. The van der Waals surface area contributed by atoms with E-state index >= 15 is 0 Å². The molecule has 0 bridgehead atoms. The maximum Gasteiger partial charge on any atom is 0.0702 e. The first-order valence-electron chi connectivity index (χ1n) is 8.48. The fourth-order valence-corrected chi connectivity index (χ4v) is 3.32. The number of ether oxygens (including phenoxy) is 2. The van der Waals surface area contributed by atoms with Crippen LogP contribution < -0.4 is 5.32 Å². The van der Waals surface area contributed by atoms with Crippen molar-refractivity contribution in [2.24, 2.45) is 5.92 Å². The molecule has 3 unspecified atom stereocenters. The average molecular weight is 284 g/mol. The van der Waals surface area contributed by atoms with E-state index in [0.717, 1.165) is 52.4 Å². The van der Waals surface area contributed by atoms with Crippen LogP contribution in [0.15, 0.2) is 0 Å². The molecule has 2 rings (SSSR count). The molecule has 0 aromatic carbocycles. The monoisotopic (exact) mass is 284 g/mol. The van der Waals surface area contributed by atoms with Crippen molar-refractivity contribution < 1.29 is 9.47 Å². The van der Waals surface area contributed by atoms with E-state index in [2.05, 4.69) is 24.1 Å². The van der Waals surface area contributed by atoms with E-state index in [0.29, 0.717) is 18.1 Å². The largest absolute Gasteiger partial charge is 0.381 e. The summed E-state index contributed by atoms with van der Waals surface area (Å²) in [4.78, 5) is 2.55. The normalized spacial score (nSPS) is 31.1. The van der Waals surface area contributed by atoms with Gasteiger partial charge in [0.1, 0.15) is 0 Å². The van der Waals surface area contributed by atoms with Gasteiger partial charge in [0, 0.05) is 38.3 Å². The van der Waals surface area contributed by atoms with Crippen LogP contribution in [-0.2, 0) is 9.47 Å². The van der Waals surface area contributed by atoms with Crippen molar-refractivity contribution >= 4 is 0 Å². The van der Waals surface area contributed by atoms with Crippen LogP contribution in [0.5, 0.6) is 0 Å². The Morgan fingerprint density at radius 1 is 1.15 bits per heavy atom. The van der Waals surface area contributed by atoms with E-state index in [1.165, 1.54) is 19.3 Å². The molecule has 1 N–H and O–H groups in total. The van der Waals surface area contributed by atoms with Gasteiger partial charge in [-0.25, -0.2) is 0 Å². The Bertz CT molecular complexity index is 257. The maximum absolute atomic E-state index is 5.78. The fraction of sp³-hybridized carbons (Fsp3) is 1.00. The third-order valence-electron chi connectivity index (χ3n) is 4.56. The first-order valence-corrected chi connectivity index (χ1v) is 8.48. The average Bonchev–Trinajstić information content (AvgIpc) is 2.98. The van der Waals surface area contributed by atoms with Crippen molar-refractivity contribution in [3.63, 3.8) is 0 Å². The van der Waals surface area contributed by atoms with Crippen molar-refractivity contribution in [3.8, 4) is 0 Å². The molecular formula is C16H32N2O2. The van der Waals surface area contributed by atoms with Crippen LogP contribution >= 0.6 is 0 Å². The van der Waals surface area contributed by atoms with Crippen LogP contribution in [0.3, 0.4) is 0 Å². The van der Waals surface area contributed by atoms with Crippen molar-refractivity contribution in [2.75, 3.05) is 46.0 Å². The Hall–Kier alpha value is -0.160. The molecule has 0 spiro atoms. The number of hydrogen-bond acceptors (Lipinski definition) is 4. The molecule has 0 saturated carbocycles. The molecule has 0 radical (unpaired) electrons. The van der Waals surface area contributed by atoms with Gasteiger partial charge in [0.25, 0.3) is 0 Å². The molecule has 0 aromatic heterocycles. The van der Waals surface area contributed by atoms with E-state index in [-0.39, 0.29) is 0 Å². The zero-order valence-corrected chi connectivity index (χ0v) is 13.3. The third kappa shape index (κ3) is 4.99. The molecule has 20 heavy (non-hydrogen) atoms. The fourth-order valence-electron chi connectivity index (χ4n) is 3.32. The zero-order valence-electron chi connectivity index (χ0n) is 13.3. The van der Waals surface area contributed by atoms with Crippen LogP contribution in [-0.4, -0.2) is 63.0 Å².